The summed E-state index contributed by atoms with van der Waals surface area (Å²) in [5.41, 5.74) is 1.99. The van der Waals surface area contributed by atoms with Crippen LogP contribution in [0.1, 0.15) is 5.56 Å². The van der Waals surface area contributed by atoms with Crippen LogP contribution in [0.15, 0.2) is 54.6 Å². The first-order valence-electron chi connectivity index (χ1n) is 7.77. The zero-order valence-electron chi connectivity index (χ0n) is 13.2. The van der Waals surface area contributed by atoms with Crippen molar-refractivity contribution >= 4 is 32.6 Å². The predicted molar refractivity (Wildman–Crippen MR) is 97.1 cm³/mol. The molecule has 1 amide bonds. The Hall–Kier alpha value is -2.28. The quantitative estimate of drug-likeness (QED) is 0.693. The Morgan fingerprint density at radius 2 is 1.88 bits per heavy atom. The molecule has 0 saturated carbocycles. The summed E-state index contributed by atoms with van der Waals surface area (Å²) in [6.45, 7) is 1.30. The number of aliphatic hydroxyl groups is 1. The minimum absolute atomic E-state index is 0.0151. The summed E-state index contributed by atoms with van der Waals surface area (Å²) < 4.78 is 1.05. The molecule has 1 aromatic heterocycles. The van der Waals surface area contributed by atoms with Crippen molar-refractivity contribution in [1.29, 1.82) is 0 Å². The number of aromatic nitrogens is 1. The largest absolute Gasteiger partial charge is 0.395 e. The van der Waals surface area contributed by atoms with Crippen molar-refractivity contribution in [1.82, 2.24) is 9.88 Å². The Labute approximate surface area is 144 Å². The minimum atomic E-state index is -0.126. The number of para-hydroxylation sites is 1. The number of fused-ring (bicyclic) bond motifs is 1. The number of carbonyl (C=O) groups excluding carboxylic acids is 1. The summed E-state index contributed by atoms with van der Waals surface area (Å²) in [4.78, 5) is 18.6. The first-order valence-corrected chi connectivity index (χ1v) is 8.59. The number of aliphatic hydroxyl groups excluding tert-OH is 1. The SMILES string of the molecule is O=C(CN(CCO)Cc1ccccc1)Nc1nc2ccccc2s1. The second-order valence-corrected chi connectivity index (χ2v) is 6.49. The molecular weight excluding hydrogens is 322 g/mol. The highest BCUT2D eigenvalue weighted by Crippen LogP contribution is 2.25. The van der Waals surface area contributed by atoms with Crippen molar-refractivity contribution in [3.8, 4) is 0 Å². The van der Waals surface area contributed by atoms with E-state index in [1.54, 1.807) is 0 Å². The molecule has 0 aliphatic rings. The van der Waals surface area contributed by atoms with E-state index in [9.17, 15) is 9.90 Å². The van der Waals surface area contributed by atoms with E-state index in [0.29, 0.717) is 18.2 Å². The van der Waals surface area contributed by atoms with E-state index in [2.05, 4.69) is 10.3 Å². The Balaban J connectivity index is 1.62. The smallest absolute Gasteiger partial charge is 0.240 e. The summed E-state index contributed by atoms with van der Waals surface area (Å²) >= 11 is 1.46. The number of hydrogen-bond donors (Lipinski definition) is 2. The van der Waals surface area contributed by atoms with Gasteiger partial charge in [-0.2, -0.15) is 0 Å². The highest BCUT2D eigenvalue weighted by atomic mass is 32.1. The molecule has 124 valence electrons. The van der Waals surface area contributed by atoms with Gasteiger partial charge in [-0.25, -0.2) is 4.98 Å². The lowest BCUT2D eigenvalue weighted by molar-refractivity contribution is -0.117. The van der Waals surface area contributed by atoms with Crippen LogP contribution in [0.25, 0.3) is 10.2 Å². The second kappa shape index (κ2) is 8.01. The number of hydrogen-bond acceptors (Lipinski definition) is 5. The lowest BCUT2D eigenvalue weighted by Crippen LogP contribution is -2.34. The lowest BCUT2D eigenvalue weighted by atomic mass is 10.2. The molecule has 0 aliphatic heterocycles. The molecule has 0 atom stereocenters. The summed E-state index contributed by atoms with van der Waals surface area (Å²) in [6.07, 6.45) is 0. The van der Waals surface area contributed by atoms with Crippen LogP contribution in [0.2, 0.25) is 0 Å². The molecule has 3 aromatic rings. The molecule has 0 saturated heterocycles. The number of thiazole rings is 1. The van der Waals surface area contributed by atoms with Gasteiger partial charge in [0.15, 0.2) is 5.13 Å². The lowest BCUT2D eigenvalue weighted by Gasteiger charge is -2.20. The maximum absolute atomic E-state index is 12.3. The Bertz CT molecular complexity index is 771. The van der Waals surface area contributed by atoms with Crippen LogP contribution in [-0.4, -0.2) is 40.6 Å². The van der Waals surface area contributed by atoms with Crippen LogP contribution in [0.5, 0.6) is 0 Å². The molecule has 1 heterocycles. The predicted octanol–water partition coefficient (Wildman–Crippen LogP) is 2.73. The van der Waals surface area contributed by atoms with Gasteiger partial charge in [0, 0.05) is 13.1 Å². The van der Waals surface area contributed by atoms with E-state index in [0.717, 1.165) is 15.8 Å². The standard InChI is InChI=1S/C18H19N3O2S/c22-11-10-21(12-14-6-2-1-3-7-14)13-17(23)20-18-19-15-8-4-5-9-16(15)24-18/h1-9,22H,10-13H2,(H,19,20,23). The summed E-state index contributed by atoms with van der Waals surface area (Å²) in [6, 6.07) is 17.7. The highest BCUT2D eigenvalue weighted by molar-refractivity contribution is 7.22. The molecule has 0 spiro atoms. The summed E-state index contributed by atoms with van der Waals surface area (Å²) in [7, 11) is 0. The van der Waals surface area contributed by atoms with Crippen LogP contribution in [0, 0.1) is 0 Å². The monoisotopic (exact) mass is 341 g/mol. The molecule has 0 fully saturated rings. The van der Waals surface area contributed by atoms with Gasteiger partial charge in [0.2, 0.25) is 5.91 Å². The molecule has 0 unspecified atom stereocenters. The van der Waals surface area contributed by atoms with E-state index in [4.69, 9.17) is 0 Å². The van der Waals surface area contributed by atoms with E-state index >= 15 is 0 Å². The first-order chi connectivity index (χ1) is 11.7. The average molecular weight is 341 g/mol. The van der Waals surface area contributed by atoms with Crippen LogP contribution in [0.3, 0.4) is 0 Å². The molecular formula is C18H19N3O2S. The van der Waals surface area contributed by atoms with Gasteiger partial charge < -0.3 is 10.4 Å². The van der Waals surface area contributed by atoms with Gasteiger partial charge in [-0.3, -0.25) is 9.69 Å². The van der Waals surface area contributed by atoms with Crippen LogP contribution >= 0.6 is 11.3 Å². The third-order valence-electron chi connectivity index (χ3n) is 3.57. The van der Waals surface area contributed by atoms with Gasteiger partial charge in [0.25, 0.3) is 0 Å². The highest BCUT2D eigenvalue weighted by Gasteiger charge is 2.13. The third-order valence-corrected chi connectivity index (χ3v) is 4.52. The van der Waals surface area contributed by atoms with Gasteiger partial charge in [0.05, 0.1) is 23.4 Å². The molecule has 2 aromatic carbocycles. The van der Waals surface area contributed by atoms with Crippen molar-refractivity contribution in [2.45, 2.75) is 6.54 Å². The topological polar surface area (TPSA) is 65.5 Å². The van der Waals surface area contributed by atoms with Crippen molar-refractivity contribution in [2.75, 3.05) is 25.0 Å². The first kappa shape index (κ1) is 16.6. The minimum Gasteiger partial charge on any atom is -0.395 e. The number of nitrogens with one attached hydrogen (secondary N) is 1. The number of carbonyl (C=O) groups is 1. The van der Waals surface area contributed by atoms with Crippen LogP contribution in [-0.2, 0) is 11.3 Å². The van der Waals surface area contributed by atoms with Crippen molar-refractivity contribution < 1.29 is 9.90 Å². The zero-order valence-corrected chi connectivity index (χ0v) is 14.0. The summed E-state index contributed by atoms with van der Waals surface area (Å²) in [5.74, 6) is -0.126. The third kappa shape index (κ3) is 4.38. The van der Waals surface area contributed by atoms with Crippen molar-refractivity contribution in [3.05, 3.63) is 60.2 Å². The normalized spacial score (nSPS) is 11.1. The van der Waals surface area contributed by atoms with Crippen LogP contribution < -0.4 is 5.32 Å². The van der Waals surface area contributed by atoms with Crippen molar-refractivity contribution in [2.24, 2.45) is 0 Å². The Morgan fingerprint density at radius 1 is 1.12 bits per heavy atom. The van der Waals surface area contributed by atoms with E-state index in [-0.39, 0.29) is 19.1 Å². The molecule has 0 bridgehead atoms. The van der Waals surface area contributed by atoms with Gasteiger partial charge >= 0.3 is 0 Å². The maximum atomic E-state index is 12.3. The van der Waals surface area contributed by atoms with Gasteiger partial charge in [0.1, 0.15) is 0 Å². The van der Waals surface area contributed by atoms with Gasteiger partial charge in [-0.05, 0) is 17.7 Å². The van der Waals surface area contributed by atoms with E-state index in [1.807, 2.05) is 59.5 Å². The maximum Gasteiger partial charge on any atom is 0.240 e. The Morgan fingerprint density at radius 3 is 2.62 bits per heavy atom. The molecule has 2 N–H and O–H groups in total. The molecule has 3 rings (SSSR count). The average Bonchev–Trinajstić information content (AvgIpc) is 2.98. The number of amides is 1. The molecule has 0 aliphatic carbocycles. The fourth-order valence-corrected chi connectivity index (χ4v) is 3.37. The molecule has 0 radical (unpaired) electrons. The van der Waals surface area contributed by atoms with E-state index in [1.165, 1.54) is 11.3 Å². The molecule has 5 nitrogen and oxygen atoms in total. The van der Waals surface area contributed by atoms with Crippen molar-refractivity contribution in [3.63, 3.8) is 0 Å². The van der Waals surface area contributed by atoms with Crippen LogP contribution in [0.4, 0.5) is 5.13 Å². The number of nitrogens with zero attached hydrogens (tertiary/aromatic N) is 2. The fraction of sp³-hybridized carbons (Fsp3) is 0.222. The number of anilines is 1. The van der Waals surface area contributed by atoms with E-state index < -0.39 is 0 Å². The molecule has 24 heavy (non-hydrogen) atoms. The fourth-order valence-electron chi connectivity index (χ4n) is 2.48. The zero-order chi connectivity index (χ0) is 16.8. The van der Waals surface area contributed by atoms with Gasteiger partial charge in [-0.15, -0.1) is 0 Å². The Kier molecular flexibility index (Phi) is 5.53. The molecule has 6 heteroatoms. The number of benzene rings is 2. The summed E-state index contributed by atoms with van der Waals surface area (Å²) in [5, 5.41) is 12.7. The van der Waals surface area contributed by atoms with Gasteiger partial charge in [-0.1, -0.05) is 53.8 Å². The number of rotatable bonds is 7. The second-order valence-electron chi connectivity index (χ2n) is 5.45.